The summed E-state index contributed by atoms with van der Waals surface area (Å²) in [5.74, 6) is 0. The Kier molecular flexibility index (Phi) is 1.82. The van der Waals surface area contributed by atoms with Crippen molar-refractivity contribution in [2.75, 3.05) is 0 Å². The van der Waals surface area contributed by atoms with Crippen LogP contribution in [0.15, 0.2) is 66.9 Å². The van der Waals surface area contributed by atoms with E-state index in [9.17, 15) is 0 Å². The molecule has 0 radical (unpaired) electrons. The van der Waals surface area contributed by atoms with Crippen LogP contribution < -0.4 is 0 Å². The molecule has 0 aliphatic heterocycles. The molecule has 0 unspecified atom stereocenters. The van der Waals surface area contributed by atoms with Crippen molar-refractivity contribution in [3.8, 4) is 11.3 Å². The van der Waals surface area contributed by atoms with Crippen LogP contribution in [0, 0.1) is 0 Å². The summed E-state index contributed by atoms with van der Waals surface area (Å²) in [5, 5.41) is 0. The highest BCUT2D eigenvalue weighted by atomic mass is 14.9. The van der Waals surface area contributed by atoms with E-state index in [2.05, 4.69) is 65.2 Å². The van der Waals surface area contributed by atoms with Gasteiger partial charge in [-0.05, 0) is 29.8 Å². The van der Waals surface area contributed by atoms with Gasteiger partial charge in [-0.2, -0.15) is 0 Å². The molecule has 0 saturated heterocycles. The zero-order valence-electron chi connectivity index (χ0n) is 8.30. The van der Waals surface area contributed by atoms with E-state index in [0.717, 1.165) is 0 Å². The molecular weight excluding hydrogens is 182 g/mol. The highest BCUT2D eigenvalue weighted by molar-refractivity contribution is 5.67. The lowest BCUT2D eigenvalue weighted by atomic mass is 10.2. The number of pyridine rings is 1. The van der Waals surface area contributed by atoms with Crippen LogP contribution >= 0.6 is 0 Å². The van der Waals surface area contributed by atoms with Crippen LogP contribution in [0.3, 0.4) is 0 Å². The zero-order valence-corrected chi connectivity index (χ0v) is 8.30. The highest BCUT2D eigenvalue weighted by Gasteiger charge is 2.01. The highest BCUT2D eigenvalue weighted by Crippen LogP contribution is 2.21. The maximum Gasteiger partial charge on any atom is 0.0528 e. The maximum absolute atomic E-state index is 2.20. The van der Waals surface area contributed by atoms with Crippen molar-refractivity contribution in [2.24, 2.45) is 0 Å². The molecule has 0 fully saturated rings. The van der Waals surface area contributed by atoms with Gasteiger partial charge in [0.1, 0.15) is 0 Å². The van der Waals surface area contributed by atoms with Gasteiger partial charge in [0.05, 0.1) is 5.69 Å². The van der Waals surface area contributed by atoms with Gasteiger partial charge in [0.2, 0.25) is 0 Å². The lowest BCUT2D eigenvalue weighted by molar-refractivity contribution is 1.20. The van der Waals surface area contributed by atoms with Crippen molar-refractivity contribution in [2.45, 2.75) is 0 Å². The van der Waals surface area contributed by atoms with Gasteiger partial charge in [-0.25, -0.2) is 0 Å². The molecule has 0 atom stereocenters. The molecule has 72 valence electrons. The molecule has 1 aromatic carbocycles. The van der Waals surface area contributed by atoms with E-state index >= 15 is 0 Å². The first-order valence-corrected chi connectivity index (χ1v) is 5.07. The predicted octanol–water partition coefficient (Wildman–Crippen LogP) is 3.61. The molecule has 2 heterocycles. The zero-order chi connectivity index (χ0) is 10.1. The van der Waals surface area contributed by atoms with Crippen LogP contribution in [0.4, 0.5) is 0 Å². The minimum absolute atomic E-state index is 1.23. The van der Waals surface area contributed by atoms with Gasteiger partial charge < -0.3 is 4.40 Å². The van der Waals surface area contributed by atoms with E-state index < -0.39 is 0 Å². The van der Waals surface area contributed by atoms with E-state index in [-0.39, 0.29) is 0 Å². The second-order valence-corrected chi connectivity index (χ2v) is 3.58. The minimum atomic E-state index is 1.23. The second kappa shape index (κ2) is 3.28. The van der Waals surface area contributed by atoms with Gasteiger partial charge in [0, 0.05) is 11.7 Å². The number of aromatic nitrogens is 1. The second-order valence-electron chi connectivity index (χ2n) is 3.58. The van der Waals surface area contributed by atoms with E-state index in [0.29, 0.717) is 0 Å². The summed E-state index contributed by atoms with van der Waals surface area (Å²) in [6.07, 6.45) is 2.09. The number of benzene rings is 1. The SMILES string of the molecule is c1ccc(-c2ccc3ccccn23)cc1. The molecule has 0 saturated carbocycles. The standard InChI is InChI=1S/C14H11N/c1-2-6-12(7-3-1)14-10-9-13-8-4-5-11-15(13)14/h1-11H. The van der Waals surface area contributed by atoms with Crippen LogP contribution in [-0.4, -0.2) is 4.40 Å². The van der Waals surface area contributed by atoms with E-state index in [1.165, 1.54) is 16.8 Å². The number of hydrogen-bond acceptors (Lipinski definition) is 0. The van der Waals surface area contributed by atoms with Gasteiger partial charge in [-0.1, -0.05) is 36.4 Å². The van der Waals surface area contributed by atoms with Crippen LogP contribution in [0.5, 0.6) is 0 Å². The molecule has 0 amide bonds. The Morgan fingerprint density at radius 3 is 2.33 bits per heavy atom. The number of rotatable bonds is 1. The summed E-state index contributed by atoms with van der Waals surface area (Å²) in [7, 11) is 0. The van der Waals surface area contributed by atoms with Crippen molar-refractivity contribution in [1.82, 2.24) is 4.40 Å². The normalized spacial score (nSPS) is 10.7. The number of nitrogens with zero attached hydrogens (tertiary/aromatic N) is 1. The fourth-order valence-corrected chi connectivity index (χ4v) is 1.90. The molecular formula is C14H11N. The third-order valence-electron chi connectivity index (χ3n) is 2.63. The summed E-state index contributed by atoms with van der Waals surface area (Å²) in [5.41, 5.74) is 3.73. The summed E-state index contributed by atoms with van der Waals surface area (Å²) in [6, 6.07) is 21.0. The minimum Gasteiger partial charge on any atom is -0.317 e. The first-order chi connectivity index (χ1) is 7.45. The lowest BCUT2D eigenvalue weighted by Gasteiger charge is -2.01. The Balaban J connectivity index is 2.28. The lowest BCUT2D eigenvalue weighted by Crippen LogP contribution is -1.85. The summed E-state index contributed by atoms with van der Waals surface area (Å²) in [6.45, 7) is 0. The predicted molar refractivity (Wildman–Crippen MR) is 62.8 cm³/mol. The van der Waals surface area contributed by atoms with Crippen LogP contribution in [0.1, 0.15) is 0 Å². The van der Waals surface area contributed by atoms with Crippen molar-refractivity contribution >= 4 is 5.52 Å². The summed E-state index contributed by atoms with van der Waals surface area (Å²) in [4.78, 5) is 0. The third-order valence-corrected chi connectivity index (χ3v) is 2.63. The van der Waals surface area contributed by atoms with Crippen LogP contribution in [-0.2, 0) is 0 Å². The Hall–Kier alpha value is -2.02. The fourth-order valence-electron chi connectivity index (χ4n) is 1.90. The van der Waals surface area contributed by atoms with E-state index in [1.54, 1.807) is 0 Å². The average molecular weight is 193 g/mol. The van der Waals surface area contributed by atoms with E-state index in [4.69, 9.17) is 0 Å². The van der Waals surface area contributed by atoms with Crippen molar-refractivity contribution in [3.63, 3.8) is 0 Å². The van der Waals surface area contributed by atoms with Crippen LogP contribution in [0.2, 0.25) is 0 Å². The van der Waals surface area contributed by atoms with E-state index in [1.807, 2.05) is 6.07 Å². The Morgan fingerprint density at radius 1 is 0.667 bits per heavy atom. The van der Waals surface area contributed by atoms with Gasteiger partial charge in [-0.3, -0.25) is 0 Å². The monoisotopic (exact) mass is 193 g/mol. The molecule has 0 aliphatic rings. The first-order valence-electron chi connectivity index (χ1n) is 5.07. The van der Waals surface area contributed by atoms with Crippen LogP contribution in [0.25, 0.3) is 16.8 Å². The smallest absolute Gasteiger partial charge is 0.0528 e. The molecule has 15 heavy (non-hydrogen) atoms. The Bertz CT molecular complexity index is 578. The molecule has 1 heteroatoms. The third kappa shape index (κ3) is 1.33. The topological polar surface area (TPSA) is 4.41 Å². The Labute approximate surface area is 88.6 Å². The average Bonchev–Trinajstić information content (AvgIpc) is 2.74. The summed E-state index contributed by atoms with van der Waals surface area (Å²) >= 11 is 0. The fraction of sp³-hybridized carbons (Fsp3) is 0. The van der Waals surface area contributed by atoms with Crippen molar-refractivity contribution in [1.29, 1.82) is 0 Å². The number of fused-ring (bicyclic) bond motifs is 1. The quantitative estimate of drug-likeness (QED) is 0.556. The first kappa shape index (κ1) is 8.30. The van der Waals surface area contributed by atoms with Gasteiger partial charge >= 0.3 is 0 Å². The molecule has 0 N–H and O–H groups in total. The largest absolute Gasteiger partial charge is 0.317 e. The molecule has 0 spiro atoms. The molecule has 3 aromatic rings. The van der Waals surface area contributed by atoms with Gasteiger partial charge in [0.15, 0.2) is 0 Å². The summed E-state index contributed by atoms with van der Waals surface area (Å²) < 4.78 is 2.20. The molecule has 3 rings (SSSR count). The Morgan fingerprint density at radius 2 is 1.47 bits per heavy atom. The molecule has 1 nitrogen and oxygen atoms in total. The van der Waals surface area contributed by atoms with Crippen molar-refractivity contribution in [3.05, 3.63) is 66.9 Å². The molecule has 0 bridgehead atoms. The van der Waals surface area contributed by atoms with Crippen molar-refractivity contribution < 1.29 is 0 Å². The van der Waals surface area contributed by atoms with Gasteiger partial charge in [-0.15, -0.1) is 0 Å². The number of hydrogen-bond donors (Lipinski definition) is 0. The molecule has 2 aromatic heterocycles. The van der Waals surface area contributed by atoms with Gasteiger partial charge in [0.25, 0.3) is 0 Å². The maximum atomic E-state index is 2.20. The molecule has 0 aliphatic carbocycles.